The molecule has 2 atom stereocenters. The van der Waals surface area contributed by atoms with Crippen LogP contribution in [0.4, 0.5) is 0 Å². The number of Topliss-reactive ketones (excluding diaryl/α,β-unsaturated/α-hetero) is 1. The lowest BCUT2D eigenvalue weighted by Gasteiger charge is -2.34. The maximum absolute atomic E-state index is 13.2. The quantitative estimate of drug-likeness (QED) is 0.847. The van der Waals surface area contributed by atoms with Crippen LogP contribution < -0.4 is 15.2 Å². The molecule has 0 saturated carbocycles. The van der Waals surface area contributed by atoms with Crippen LogP contribution in [0, 0.1) is 11.3 Å². The summed E-state index contributed by atoms with van der Waals surface area (Å²) in [6, 6.07) is 17.5. The summed E-state index contributed by atoms with van der Waals surface area (Å²) in [5, 5.41) is 9.74. The Bertz CT molecular complexity index is 1110. The van der Waals surface area contributed by atoms with Crippen LogP contribution in [0.1, 0.15) is 35.8 Å². The zero-order chi connectivity index (χ0) is 20.0. The molecule has 29 heavy (non-hydrogen) atoms. The maximum atomic E-state index is 13.2. The van der Waals surface area contributed by atoms with Gasteiger partial charge in [0.25, 0.3) is 0 Å². The minimum Gasteiger partial charge on any atom is -0.454 e. The fraction of sp³-hybridized carbons (Fsp3) is 0.217. The Morgan fingerprint density at radius 2 is 1.79 bits per heavy atom. The van der Waals surface area contributed by atoms with Crippen LogP contribution in [-0.2, 0) is 9.53 Å². The van der Waals surface area contributed by atoms with E-state index in [0.717, 1.165) is 11.1 Å². The van der Waals surface area contributed by atoms with E-state index >= 15 is 0 Å². The number of rotatable bonds is 2. The third-order valence-electron chi connectivity index (χ3n) is 5.66. The van der Waals surface area contributed by atoms with Crippen molar-refractivity contribution in [3.05, 3.63) is 82.4 Å². The Labute approximate surface area is 167 Å². The summed E-state index contributed by atoms with van der Waals surface area (Å²) in [4.78, 5) is 13.2. The number of carbonyl (C=O) groups is 1. The Balaban J connectivity index is 1.59. The molecule has 0 amide bonds. The van der Waals surface area contributed by atoms with Crippen molar-refractivity contribution in [3.8, 4) is 17.6 Å². The monoisotopic (exact) mass is 386 g/mol. The lowest BCUT2D eigenvalue weighted by atomic mass is 9.73. The van der Waals surface area contributed by atoms with Crippen LogP contribution in [0.15, 0.2) is 71.3 Å². The number of fused-ring (bicyclic) bond motifs is 1. The number of ketones is 1. The first-order valence-electron chi connectivity index (χ1n) is 9.44. The molecular weight excluding hydrogens is 368 g/mol. The summed E-state index contributed by atoms with van der Waals surface area (Å²) in [7, 11) is 0. The van der Waals surface area contributed by atoms with Gasteiger partial charge in [-0.3, -0.25) is 4.79 Å². The molecule has 2 aliphatic heterocycles. The molecule has 2 aromatic carbocycles. The van der Waals surface area contributed by atoms with Crippen molar-refractivity contribution in [2.24, 2.45) is 5.73 Å². The normalized spacial score (nSPS) is 22.8. The third kappa shape index (κ3) is 2.83. The van der Waals surface area contributed by atoms with E-state index in [2.05, 4.69) is 6.07 Å². The zero-order valence-corrected chi connectivity index (χ0v) is 15.6. The fourth-order valence-electron chi connectivity index (χ4n) is 4.29. The van der Waals surface area contributed by atoms with Crippen LogP contribution in [0.5, 0.6) is 11.5 Å². The molecule has 6 heteroatoms. The number of carbonyl (C=O) groups excluding carboxylic acids is 1. The van der Waals surface area contributed by atoms with E-state index in [-0.39, 0.29) is 30.0 Å². The van der Waals surface area contributed by atoms with Gasteiger partial charge in [0.1, 0.15) is 17.4 Å². The Kier molecular flexibility index (Phi) is 4.02. The first kappa shape index (κ1) is 17.4. The number of hydrogen-bond donors (Lipinski definition) is 1. The minimum atomic E-state index is -0.567. The molecule has 2 aromatic rings. The molecule has 144 valence electrons. The van der Waals surface area contributed by atoms with Crippen LogP contribution in [0.2, 0.25) is 0 Å². The van der Waals surface area contributed by atoms with E-state index in [1.165, 1.54) is 0 Å². The Morgan fingerprint density at radius 1 is 1.00 bits per heavy atom. The van der Waals surface area contributed by atoms with Gasteiger partial charge in [-0.1, -0.05) is 36.4 Å². The Morgan fingerprint density at radius 3 is 2.59 bits per heavy atom. The molecule has 0 fully saturated rings. The zero-order valence-electron chi connectivity index (χ0n) is 15.6. The van der Waals surface area contributed by atoms with Crippen LogP contribution in [0.25, 0.3) is 0 Å². The standard InChI is InChI=1S/C23H18N2O4/c24-11-16-21(14-6-7-18-19(9-14)28-12-27-18)22-17(26)8-15(10-20(22)29-23(16)25)13-4-2-1-3-5-13/h1-7,9,15,21H,8,10,12,25H2/t15-,21-/m0/s1. The lowest BCUT2D eigenvalue weighted by molar-refractivity contribution is -0.117. The second kappa shape index (κ2) is 6.71. The predicted octanol–water partition coefficient (Wildman–Crippen LogP) is 3.62. The van der Waals surface area contributed by atoms with Gasteiger partial charge in [0.15, 0.2) is 17.3 Å². The van der Waals surface area contributed by atoms with E-state index in [0.29, 0.717) is 35.7 Å². The number of benzene rings is 2. The van der Waals surface area contributed by atoms with Gasteiger partial charge < -0.3 is 19.9 Å². The first-order chi connectivity index (χ1) is 14.2. The number of hydrogen-bond acceptors (Lipinski definition) is 6. The van der Waals surface area contributed by atoms with Crippen molar-refractivity contribution >= 4 is 5.78 Å². The number of nitrogens with zero attached hydrogens (tertiary/aromatic N) is 1. The maximum Gasteiger partial charge on any atom is 0.231 e. The second-order valence-corrected chi connectivity index (χ2v) is 7.31. The smallest absolute Gasteiger partial charge is 0.231 e. The Hall–Kier alpha value is -3.72. The summed E-state index contributed by atoms with van der Waals surface area (Å²) >= 11 is 0. The largest absolute Gasteiger partial charge is 0.454 e. The summed E-state index contributed by atoms with van der Waals surface area (Å²) in [6.07, 6.45) is 0.928. The van der Waals surface area contributed by atoms with Crippen molar-refractivity contribution in [2.45, 2.75) is 24.7 Å². The van der Waals surface area contributed by atoms with Gasteiger partial charge in [0, 0.05) is 18.4 Å². The van der Waals surface area contributed by atoms with Crippen LogP contribution >= 0.6 is 0 Å². The molecule has 0 aromatic heterocycles. The average molecular weight is 386 g/mol. The number of allylic oxidation sites excluding steroid dienone is 3. The number of nitrogens with two attached hydrogens (primary N) is 1. The van der Waals surface area contributed by atoms with E-state index in [4.69, 9.17) is 19.9 Å². The van der Waals surface area contributed by atoms with Gasteiger partial charge in [0.2, 0.25) is 12.7 Å². The van der Waals surface area contributed by atoms with Crippen molar-refractivity contribution in [1.29, 1.82) is 5.26 Å². The molecule has 2 N–H and O–H groups in total. The van der Waals surface area contributed by atoms with Gasteiger partial charge in [0.05, 0.1) is 5.92 Å². The molecule has 0 radical (unpaired) electrons. The van der Waals surface area contributed by atoms with Crippen LogP contribution in [-0.4, -0.2) is 12.6 Å². The third-order valence-corrected chi connectivity index (χ3v) is 5.66. The van der Waals surface area contributed by atoms with Gasteiger partial charge in [-0.15, -0.1) is 0 Å². The SMILES string of the molecule is N#CC1=C(N)OC2=C(C(=O)C[C@H](c3ccccc3)C2)[C@H]1c1ccc2c(c1)OCO2. The lowest BCUT2D eigenvalue weighted by Crippen LogP contribution is -2.29. The molecule has 0 unspecified atom stereocenters. The van der Waals surface area contributed by atoms with Gasteiger partial charge in [-0.05, 0) is 29.2 Å². The molecule has 2 heterocycles. The molecule has 0 bridgehead atoms. The molecule has 0 spiro atoms. The molecule has 5 rings (SSSR count). The summed E-state index contributed by atoms with van der Waals surface area (Å²) in [5.74, 6) is 1.27. The molecular formula is C23H18N2O4. The minimum absolute atomic E-state index is 0.0243. The fourth-order valence-corrected chi connectivity index (χ4v) is 4.29. The highest BCUT2D eigenvalue weighted by atomic mass is 16.7. The predicted molar refractivity (Wildman–Crippen MR) is 104 cm³/mol. The molecule has 1 aliphatic carbocycles. The first-order valence-corrected chi connectivity index (χ1v) is 9.44. The van der Waals surface area contributed by atoms with Gasteiger partial charge in [-0.2, -0.15) is 5.26 Å². The highest BCUT2D eigenvalue weighted by Gasteiger charge is 2.41. The van der Waals surface area contributed by atoms with E-state index < -0.39 is 5.92 Å². The summed E-state index contributed by atoms with van der Waals surface area (Å²) in [6.45, 7) is 0.154. The van der Waals surface area contributed by atoms with E-state index in [1.54, 1.807) is 6.07 Å². The molecule has 6 nitrogen and oxygen atoms in total. The second-order valence-electron chi connectivity index (χ2n) is 7.31. The number of nitriles is 1. The summed E-state index contributed by atoms with van der Waals surface area (Å²) < 4.78 is 16.7. The van der Waals surface area contributed by atoms with Crippen molar-refractivity contribution in [2.75, 3.05) is 6.79 Å². The average Bonchev–Trinajstić information content (AvgIpc) is 3.21. The highest BCUT2D eigenvalue weighted by Crippen LogP contribution is 2.48. The van der Waals surface area contributed by atoms with Gasteiger partial charge >= 0.3 is 0 Å². The van der Waals surface area contributed by atoms with Crippen molar-refractivity contribution in [3.63, 3.8) is 0 Å². The van der Waals surface area contributed by atoms with Crippen LogP contribution in [0.3, 0.4) is 0 Å². The summed E-state index contributed by atoms with van der Waals surface area (Å²) in [5.41, 5.74) is 8.71. The van der Waals surface area contributed by atoms with Crippen molar-refractivity contribution in [1.82, 2.24) is 0 Å². The van der Waals surface area contributed by atoms with E-state index in [9.17, 15) is 10.1 Å². The molecule has 3 aliphatic rings. The topological polar surface area (TPSA) is 94.6 Å². The highest BCUT2D eigenvalue weighted by molar-refractivity contribution is 6.00. The molecule has 0 saturated heterocycles. The van der Waals surface area contributed by atoms with Gasteiger partial charge in [-0.25, -0.2) is 0 Å². The number of ether oxygens (including phenoxy) is 3. The van der Waals surface area contributed by atoms with Crippen molar-refractivity contribution < 1.29 is 19.0 Å². The van der Waals surface area contributed by atoms with E-state index in [1.807, 2.05) is 42.5 Å².